The quantitative estimate of drug-likeness (QED) is 0.652. The van der Waals surface area contributed by atoms with E-state index in [9.17, 15) is 8.78 Å². The summed E-state index contributed by atoms with van der Waals surface area (Å²) in [6.07, 6.45) is -1.22. The molecule has 1 N–H and O–H groups in total. The summed E-state index contributed by atoms with van der Waals surface area (Å²) in [7, 11) is 0. The Balaban J connectivity index is 2.17. The van der Waals surface area contributed by atoms with Crippen LogP contribution in [0.1, 0.15) is 6.42 Å². The normalized spacial score (nSPS) is 29.2. The first-order valence-corrected chi connectivity index (χ1v) is 3.83. The van der Waals surface area contributed by atoms with E-state index in [1.165, 1.54) is 0 Å². The molecular formula is C7H13F2NO. The van der Waals surface area contributed by atoms with Gasteiger partial charge in [-0.05, 0) is 6.42 Å². The molecule has 2 nitrogen and oxygen atoms in total. The van der Waals surface area contributed by atoms with Crippen molar-refractivity contribution in [1.29, 1.82) is 0 Å². The molecule has 11 heavy (non-hydrogen) atoms. The third-order valence-corrected chi connectivity index (χ3v) is 1.86. The lowest BCUT2D eigenvalue weighted by Crippen LogP contribution is -2.31. The van der Waals surface area contributed by atoms with E-state index in [1.54, 1.807) is 4.90 Å². The largest absolute Gasteiger partial charge is 0.389 e. The van der Waals surface area contributed by atoms with Gasteiger partial charge in [0, 0.05) is 19.6 Å². The standard InChI is InChI=1S/C7H13F2NO/c8-3-7(11)5-10-2-1-6(9)4-10/h6-7,11H,1-5H2. The molecule has 1 rings (SSSR count). The minimum absolute atomic E-state index is 0.261. The third-order valence-electron chi connectivity index (χ3n) is 1.86. The maximum atomic E-state index is 12.5. The van der Waals surface area contributed by atoms with Crippen LogP contribution in [-0.4, -0.2) is 48.6 Å². The number of alkyl halides is 2. The molecule has 1 fully saturated rings. The molecule has 0 aliphatic carbocycles. The van der Waals surface area contributed by atoms with Crippen LogP contribution in [-0.2, 0) is 0 Å². The van der Waals surface area contributed by atoms with E-state index in [0.717, 1.165) is 0 Å². The zero-order valence-corrected chi connectivity index (χ0v) is 6.34. The van der Waals surface area contributed by atoms with E-state index in [-0.39, 0.29) is 6.54 Å². The van der Waals surface area contributed by atoms with Crippen molar-refractivity contribution in [3.8, 4) is 0 Å². The second kappa shape index (κ2) is 3.97. The number of aliphatic hydroxyl groups is 1. The molecule has 1 heterocycles. The van der Waals surface area contributed by atoms with Gasteiger partial charge in [0.1, 0.15) is 12.8 Å². The van der Waals surface area contributed by atoms with Crippen LogP contribution in [0.3, 0.4) is 0 Å². The first kappa shape index (κ1) is 8.87. The van der Waals surface area contributed by atoms with Gasteiger partial charge >= 0.3 is 0 Å². The minimum atomic E-state index is -0.944. The number of likely N-dealkylation sites (tertiary alicyclic amines) is 1. The topological polar surface area (TPSA) is 23.5 Å². The average Bonchev–Trinajstić information content (AvgIpc) is 2.35. The van der Waals surface area contributed by atoms with Gasteiger partial charge in [0.2, 0.25) is 0 Å². The Bertz CT molecular complexity index is 123. The van der Waals surface area contributed by atoms with Crippen LogP contribution in [0.5, 0.6) is 0 Å². The lowest BCUT2D eigenvalue weighted by molar-refractivity contribution is 0.0969. The summed E-state index contributed by atoms with van der Waals surface area (Å²) in [6, 6.07) is 0. The fraction of sp³-hybridized carbons (Fsp3) is 1.00. The predicted molar refractivity (Wildman–Crippen MR) is 37.9 cm³/mol. The molecule has 0 aromatic heterocycles. The van der Waals surface area contributed by atoms with Gasteiger partial charge in [-0.1, -0.05) is 0 Å². The van der Waals surface area contributed by atoms with Crippen molar-refractivity contribution in [2.45, 2.75) is 18.7 Å². The van der Waals surface area contributed by atoms with Crippen molar-refractivity contribution in [1.82, 2.24) is 4.90 Å². The van der Waals surface area contributed by atoms with Gasteiger partial charge in [0.05, 0.1) is 6.10 Å². The number of halogens is 2. The molecule has 2 atom stereocenters. The highest BCUT2D eigenvalue weighted by atomic mass is 19.1. The summed E-state index contributed by atoms with van der Waals surface area (Å²) in [5.41, 5.74) is 0. The molecule has 0 bridgehead atoms. The Kier molecular flexibility index (Phi) is 3.20. The second-order valence-electron chi connectivity index (χ2n) is 2.95. The summed E-state index contributed by atoms with van der Waals surface area (Å²) in [4.78, 5) is 1.74. The van der Waals surface area contributed by atoms with Crippen LogP contribution in [0.4, 0.5) is 8.78 Å². The van der Waals surface area contributed by atoms with Crippen LogP contribution in [0.25, 0.3) is 0 Å². The SMILES string of the molecule is OC(CF)CN1CCC(F)C1. The van der Waals surface area contributed by atoms with Gasteiger partial charge in [0.15, 0.2) is 0 Å². The second-order valence-corrected chi connectivity index (χ2v) is 2.95. The van der Waals surface area contributed by atoms with Crippen LogP contribution < -0.4 is 0 Å². The molecule has 0 radical (unpaired) electrons. The molecule has 4 heteroatoms. The zero-order chi connectivity index (χ0) is 8.27. The van der Waals surface area contributed by atoms with Crippen LogP contribution in [0.2, 0.25) is 0 Å². The van der Waals surface area contributed by atoms with Crippen molar-refractivity contribution in [3.05, 3.63) is 0 Å². The van der Waals surface area contributed by atoms with Crippen molar-refractivity contribution >= 4 is 0 Å². The highest BCUT2D eigenvalue weighted by Gasteiger charge is 2.23. The molecule has 0 saturated carbocycles. The summed E-state index contributed by atoms with van der Waals surface area (Å²) in [5.74, 6) is 0. The van der Waals surface area contributed by atoms with E-state index >= 15 is 0 Å². The van der Waals surface area contributed by atoms with Crippen molar-refractivity contribution in [2.24, 2.45) is 0 Å². The molecule has 0 aromatic rings. The zero-order valence-electron chi connectivity index (χ0n) is 6.34. The van der Waals surface area contributed by atoms with E-state index in [1.807, 2.05) is 0 Å². The molecule has 0 amide bonds. The number of β-amino-alcohol motifs (C(OH)–C–C–N with tert-alkyl or cyclic N) is 1. The Labute approximate surface area is 64.8 Å². The molecule has 1 aliphatic heterocycles. The maximum Gasteiger partial charge on any atom is 0.117 e. The summed E-state index contributed by atoms with van der Waals surface area (Å²) < 4.78 is 24.3. The van der Waals surface area contributed by atoms with Gasteiger partial charge in [-0.3, -0.25) is 4.90 Å². The van der Waals surface area contributed by atoms with Crippen LogP contribution >= 0.6 is 0 Å². The molecular weight excluding hydrogens is 152 g/mol. The first-order chi connectivity index (χ1) is 5.22. The third kappa shape index (κ3) is 2.71. The van der Waals surface area contributed by atoms with Crippen molar-refractivity contribution < 1.29 is 13.9 Å². The number of hydrogen-bond acceptors (Lipinski definition) is 2. The molecule has 1 aliphatic rings. The van der Waals surface area contributed by atoms with Gasteiger partial charge in [-0.2, -0.15) is 0 Å². The van der Waals surface area contributed by atoms with Crippen LogP contribution in [0.15, 0.2) is 0 Å². The molecule has 1 saturated heterocycles. The van der Waals surface area contributed by atoms with Gasteiger partial charge in [-0.15, -0.1) is 0 Å². The monoisotopic (exact) mass is 165 g/mol. The van der Waals surface area contributed by atoms with E-state index in [2.05, 4.69) is 0 Å². The van der Waals surface area contributed by atoms with Crippen molar-refractivity contribution in [2.75, 3.05) is 26.3 Å². The Morgan fingerprint density at radius 2 is 2.36 bits per heavy atom. The number of nitrogens with zero attached hydrogens (tertiary/aromatic N) is 1. The van der Waals surface area contributed by atoms with Gasteiger partial charge in [-0.25, -0.2) is 8.78 Å². The predicted octanol–water partition coefficient (Wildman–Crippen LogP) is 0.361. The minimum Gasteiger partial charge on any atom is -0.389 e. The Hall–Kier alpha value is -0.220. The molecule has 0 spiro atoms. The highest BCUT2D eigenvalue weighted by molar-refractivity contribution is 4.76. The summed E-state index contributed by atoms with van der Waals surface area (Å²) >= 11 is 0. The fourth-order valence-corrected chi connectivity index (χ4v) is 1.30. The van der Waals surface area contributed by atoms with E-state index in [4.69, 9.17) is 5.11 Å². The van der Waals surface area contributed by atoms with Gasteiger partial charge < -0.3 is 5.11 Å². The number of rotatable bonds is 3. The fourth-order valence-electron chi connectivity index (χ4n) is 1.30. The maximum absolute atomic E-state index is 12.5. The molecule has 2 unspecified atom stereocenters. The van der Waals surface area contributed by atoms with Crippen molar-refractivity contribution in [3.63, 3.8) is 0 Å². The molecule has 0 aromatic carbocycles. The first-order valence-electron chi connectivity index (χ1n) is 3.83. The number of hydrogen-bond donors (Lipinski definition) is 1. The smallest absolute Gasteiger partial charge is 0.117 e. The lowest BCUT2D eigenvalue weighted by atomic mass is 10.3. The lowest BCUT2D eigenvalue weighted by Gasteiger charge is -2.16. The molecule has 66 valence electrons. The highest BCUT2D eigenvalue weighted by Crippen LogP contribution is 2.12. The van der Waals surface area contributed by atoms with E-state index in [0.29, 0.717) is 19.5 Å². The van der Waals surface area contributed by atoms with Gasteiger partial charge in [0.25, 0.3) is 0 Å². The summed E-state index contributed by atoms with van der Waals surface area (Å²) in [6.45, 7) is 0.500. The average molecular weight is 165 g/mol. The number of aliphatic hydroxyl groups excluding tert-OH is 1. The Morgan fingerprint density at radius 1 is 1.64 bits per heavy atom. The summed E-state index contributed by atoms with van der Waals surface area (Å²) in [5, 5.41) is 8.87. The van der Waals surface area contributed by atoms with Crippen LogP contribution in [0, 0.1) is 0 Å². The van der Waals surface area contributed by atoms with E-state index < -0.39 is 19.0 Å². The Morgan fingerprint density at radius 3 is 2.82 bits per heavy atom.